The third kappa shape index (κ3) is 4.30. The number of nitrogens with zero attached hydrogens (tertiary/aromatic N) is 2. The largest absolute Gasteiger partial charge is 0.425 e. The zero-order valence-corrected chi connectivity index (χ0v) is 12.3. The molecule has 0 aliphatic heterocycles. The second kappa shape index (κ2) is 7.63. The van der Waals surface area contributed by atoms with Crippen molar-refractivity contribution in [2.45, 2.75) is 64.2 Å². The lowest BCUT2D eigenvalue weighted by molar-refractivity contribution is 0.274. The minimum absolute atomic E-state index is 0.508. The number of likely N-dealkylation sites (N-methyl/N-ethyl adjacent to an activating group) is 1. The SMILES string of the molecule is CCCCC1CCC(c2nnc(CCNC)o2)CC1. The molecule has 1 heterocycles. The molecular weight excluding hydrogens is 238 g/mol. The Morgan fingerprint density at radius 2 is 2.00 bits per heavy atom. The predicted octanol–water partition coefficient (Wildman–Crippen LogP) is 3.30. The van der Waals surface area contributed by atoms with Crippen molar-refractivity contribution in [3.63, 3.8) is 0 Å². The summed E-state index contributed by atoms with van der Waals surface area (Å²) in [6.07, 6.45) is 10.0. The third-order valence-electron chi connectivity index (χ3n) is 4.23. The van der Waals surface area contributed by atoms with Crippen molar-refractivity contribution in [3.05, 3.63) is 11.8 Å². The summed E-state index contributed by atoms with van der Waals surface area (Å²) in [4.78, 5) is 0. The highest BCUT2D eigenvalue weighted by Crippen LogP contribution is 2.37. The van der Waals surface area contributed by atoms with Gasteiger partial charge in [-0.15, -0.1) is 10.2 Å². The van der Waals surface area contributed by atoms with E-state index in [9.17, 15) is 0 Å². The van der Waals surface area contributed by atoms with Crippen LogP contribution in [0.25, 0.3) is 0 Å². The van der Waals surface area contributed by atoms with Gasteiger partial charge in [-0.2, -0.15) is 0 Å². The Labute approximate surface area is 116 Å². The van der Waals surface area contributed by atoms with E-state index in [1.807, 2.05) is 7.05 Å². The molecule has 4 heteroatoms. The Hall–Kier alpha value is -0.900. The van der Waals surface area contributed by atoms with E-state index in [1.54, 1.807) is 0 Å². The molecule has 0 bridgehead atoms. The lowest BCUT2D eigenvalue weighted by Crippen LogP contribution is -2.13. The Balaban J connectivity index is 1.78. The number of hydrogen-bond acceptors (Lipinski definition) is 4. The summed E-state index contributed by atoms with van der Waals surface area (Å²) in [5, 5.41) is 11.5. The van der Waals surface area contributed by atoms with Gasteiger partial charge in [0.2, 0.25) is 11.8 Å². The van der Waals surface area contributed by atoms with E-state index in [0.717, 1.165) is 30.7 Å². The first-order chi connectivity index (χ1) is 9.33. The van der Waals surface area contributed by atoms with Crippen molar-refractivity contribution in [1.29, 1.82) is 0 Å². The third-order valence-corrected chi connectivity index (χ3v) is 4.23. The van der Waals surface area contributed by atoms with E-state index in [0.29, 0.717) is 5.92 Å². The lowest BCUT2D eigenvalue weighted by atomic mass is 9.80. The van der Waals surface area contributed by atoms with Crippen LogP contribution in [0.4, 0.5) is 0 Å². The smallest absolute Gasteiger partial charge is 0.219 e. The maximum Gasteiger partial charge on any atom is 0.219 e. The topological polar surface area (TPSA) is 51.0 Å². The normalized spacial score (nSPS) is 23.7. The van der Waals surface area contributed by atoms with Crippen LogP contribution in [0.3, 0.4) is 0 Å². The van der Waals surface area contributed by atoms with Gasteiger partial charge in [0, 0.05) is 18.9 Å². The Morgan fingerprint density at radius 1 is 1.21 bits per heavy atom. The van der Waals surface area contributed by atoms with Crippen molar-refractivity contribution >= 4 is 0 Å². The second-order valence-electron chi connectivity index (χ2n) is 5.75. The minimum atomic E-state index is 0.508. The maximum atomic E-state index is 5.78. The number of rotatable bonds is 7. The zero-order chi connectivity index (χ0) is 13.5. The molecule has 0 amide bonds. The van der Waals surface area contributed by atoms with E-state index >= 15 is 0 Å². The van der Waals surface area contributed by atoms with Gasteiger partial charge in [-0.3, -0.25) is 0 Å². The summed E-state index contributed by atoms with van der Waals surface area (Å²) in [6, 6.07) is 0. The van der Waals surface area contributed by atoms with Crippen LogP contribution < -0.4 is 5.32 Å². The van der Waals surface area contributed by atoms with Gasteiger partial charge in [0.15, 0.2) is 0 Å². The maximum absolute atomic E-state index is 5.78. The first kappa shape index (κ1) is 14.5. The molecule has 19 heavy (non-hydrogen) atoms. The van der Waals surface area contributed by atoms with Crippen LogP contribution in [0.2, 0.25) is 0 Å². The minimum Gasteiger partial charge on any atom is -0.425 e. The fraction of sp³-hybridized carbons (Fsp3) is 0.867. The van der Waals surface area contributed by atoms with Crippen molar-refractivity contribution in [3.8, 4) is 0 Å². The van der Waals surface area contributed by atoms with Gasteiger partial charge in [0.1, 0.15) is 0 Å². The molecule has 0 aromatic carbocycles. The van der Waals surface area contributed by atoms with Gasteiger partial charge in [0.25, 0.3) is 0 Å². The van der Waals surface area contributed by atoms with Crippen LogP contribution in [0.15, 0.2) is 4.42 Å². The molecule has 1 fully saturated rings. The first-order valence-corrected chi connectivity index (χ1v) is 7.80. The van der Waals surface area contributed by atoms with E-state index in [1.165, 1.54) is 44.9 Å². The van der Waals surface area contributed by atoms with Crippen molar-refractivity contribution < 1.29 is 4.42 Å². The van der Waals surface area contributed by atoms with Crippen molar-refractivity contribution in [1.82, 2.24) is 15.5 Å². The summed E-state index contributed by atoms with van der Waals surface area (Å²) in [5.41, 5.74) is 0. The average Bonchev–Trinajstić information content (AvgIpc) is 2.92. The van der Waals surface area contributed by atoms with Gasteiger partial charge < -0.3 is 9.73 Å². The Morgan fingerprint density at radius 3 is 2.68 bits per heavy atom. The molecule has 108 valence electrons. The predicted molar refractivity (Wildman–Crippen MR) is 76.2 cm³/mol. The van der Waals surface area contributed by atoms with Crippen LogP contribution >= 0.6 is 0 Å². The monoisotopic (exact) mass is 265 g/mol. The molecule has 1 aromatic rings. The molecule has 1 N–H and O–H groups in total. The molecule has 4 nitrogen and oxygen atoms in total. The molecule has 0 saturated heterocycles. The summed E-state index contributed by atoms with van der Waals surface area (Å²) in [5.74, 6) is 3.09. The first-order valence-electron chi connectivity index (χ1n) is 7.80. The molecule has 2 rings (SSSR count). The Kier molecular flexibility index (Phi) is 5.83. The van der Waals surface area contributed by atoms with Gasteiger partial charge in [0.05, 0.1) is 0 Å². The molecule has 0 atom stereocenters. The average molecular weight is 265 g/mol. The fourth-order valence-corrected chi connectivity index (χ4v) is 2.96. The van der Waals surface area contributed by atoms with E-state index < -0.39 is 0 Å². The van der Waals surface area contributed by atoms with Crippen LogP contribution in [-0.2, 0) is 6.42 Å². The lowest BCUT2D eigenvalue weighted by Gasteiger charge is -2.26. The van der Waals surface area contributed by atoms with Gasteiger partial charge in [-0.25, -0.2) is 0 Å². The quantitative estimate of drug-likeness (QED) is 0.822. The number of hydrogen-bond donors (Lipinski definition) is 1. The molecule has 0 unspecified atom stereocenters. The highest BCUT2D eigenvalue weighted by atomic mass is 16.4. The van der Waals surface area contributed by atoms with E-state index in [2.05, 4.69) is 22.4 Å². The molecule has 1 aliphatic carbocycles. The molecule has 0 radical (unpaired) electrons. The highest BCUT2D eigenvalue weighted by Gasteiger charge is 2.25. The van der Waals surface area contributed by atoms with Crippen LogP contribution in [0.1, 0.15) is 69.6 Å². The summed E-state index contributed by atoms with van der Waals surface area (Å²) in [7, 11) is 1.94. The van der Waals surface area contributed by atoms with Gasteiger partial charge >= 0.3 is 0 Å². The van der Waals surface area contributed by atoms with E-state index in [4.69, 9.17) is 4.42 Å². The second-order valence-corrected chi connectivity index (χ2v) is 5.75. The summed E-state index contributed by atoms with van der Waals surface area (Å²) in [6.45, 7) is 3.17. The summed E-state index contributed by atoms with van der Waals surface area (Å²) >= 11 is 0. The Bertz CT molecular complexity index is 356. The van der Waals surface area contributed by atoms with Crippen LogP contribution in [0.5, 0.6) is 0 Å². The van der Waals surface area contributed by atoms with Gasteiger partial charge in [-0.1, -0.05) is 26.2 Å². The fourth-order valence-electron chi connectivity index (χ4n) is 2.96. The van der Waals surface area contributed by atoms with Gasteiger partial charge in [-0.05, 0) is 38.6 Å². The highest BCUT2D eigenvalue weighted by molar-refractivity contribution is 4.94. The number of nitrogens with one attached hydrogen (secondary N) is 1. The van der Waals surface area contributed by atoms with Crippen molar-refractivity contribution in [2.75, 3.05) is 13.6 Å². The van der Waals surface area contributed by atoms with E-state index in [-0.39, 0.29) is 0 Å². The van der Waals surface area contributed by atoms with Crippen LogP contribution in [0, 0.1) is 5.92 Å². The molecule has 0 spiro atoms. The standard InChI is InChI=1S/C15H27N3O/c1-3-4-5-12-6-8-13(9-7-12)15-18-17-14(19-15)10-11-16-2/h12-13,16H,3-11H2,1-2H3. The zero-order valence-electron chi connectivity index (χ0n) is 12.3. The molecule has 1 saturated carbocycles. The van der Waals surface area contributed by atoms with Crippen molar-refractivity contribution in [2.24, 2.45) is 5.92 Å². The summed E-state index contributed by atoms with van der Waals surface area (Å²) < 4.78 is 5.78. The van der Waals surface area contributed by atoms with Crippen LogP contribution in [-0.4, -0.2) is 23.8 Å². The number of aromatic nitrogens is 2. The molecule has 1 aromatic heterocycles. The number of unbranched alkanes of at least 4 members (excludes halogenated alkanes) is 1. The molecular formula is C15H27N3O. The molecule has 1 aliphatic rings.